The van der Waals surface area contributed by atoms with E-state index in [1.165, 1.54) is 11.3 Å². The summed E-state index contributed by atoms with van der Waals surface area (Å²) >= 11 is 1.33. The summed E-state index contributed by atoms with van der Waals surface area (Å²) in [7, 11) is 0. The second kappa shape index (κ2) is 4.09. The van der Waals surface area contributed by atoms with E-state index >= 15 is 0 Å². The molecular weight excluding hydrogens is 226 g/mol. The highest BCUT2D eigenvalue weighted by Gasteiger charge is 2.19. The molecule has 84 valence electrons. The Bertz CT molecular complexity index is 527. The molecule has 4 nitrogen and oxygen atoms in total. The highest BCUT2D eigenvalue weighted by Crippen LogP contribution is 2.31. The normalized spacial score (nSPS) is 10.6. The lowest BCUT2D eigenvalue weighted by molar-refractivity contribution is 0.0692. The summed E-state index contributed by atoms with van der Waals surface area (Å²) in [5, 5.41) is 9.73. The van der Waals surface area contributed by atoms with E-state index in [1.807, 2.05) is 13.0 Å². The number of hydrogen-bond acceptors (Lipinski definition) is 4. The van der Waals surface area contributed by atoms with Crippen molar-refractivity contribution in [1.82, 2.24) is 4.98 Å². The van der Waals surface area contributed by atoms with Crippen molar-refractivity contribution in [2.24, 2.45) is 0 Å². The summed E-state index contributed by atoms with van der Waals surface area (Å²) in [5.41, 5.74) is 0.0690. The molecule has 0 radical (unpaired) electrons. The molecule has 2 rings (SSSR count). The Morgan fingerprint density at radius 3 is 2.88 bits per heavy atom. The van der Waals surface area contributed by atoms with E-state index in [9.17, 15) is 4.79 Å². The number of nitrogens with zero attached hydrogens (tertiary/aromatic N) is 1. The molecule has 16 heavy (non-hydrogen) atoms. The molecule has 2 heterocycles. The lowest BCUT2D eigenvalue weighted by atomic mass is 10.3. The molecule has 2 aromatic heterocycles. The Kier molecular flexibility index (Phi) is 2.78. The zero-order chi connectivity index (χ0) is 11.7. The van der Waals surface area contributed by atoms with Gasteiger partial charge in [0.2, 0.25) is 0 Å². The number of carboxylic acid groups (broad SMARTS) is 1. The van der Waals surface area contributed by atoms with E-state index in [1.54, 1.807) is 13.0 Å². The van der Waals surface area contributed by atoms with Gasteiger partial charge in [0.15, 0.2) is 5.69 Å². The largest absolute Gasteiger partial charge is 0.476 e. The van der Waals surface area contributed by atoms with Crippen LogP contribution in [0.3, 0.4) is 0 Å². The van der Waals surface area contributed by atoms with Crippen molar-refractivity contribution in [1.29, 1.82) is 0 Å². The van der Waals surface area contributed by atoms with Crippen LogP contribution in [0.5, 0.6) is 0 Å². The van der Waals surface area contributed by atoms with Gasteiger partial charge in [-0.2, -0.15) is 0 Å². The molecule has 0 fully saturated rings. The van der Waals surface area contributed by atoms with Crippen LogP contribution >= 0.6 is 11.3 Å². The fraction of sp³-hybridized carbons (Fsp3) is 0.273. The van der Waals surface area contributed by atoms with E-state index < -0.39 is 5.97 Å². The number of aromatic carboxylic acids is 1. The number of hydrogen-bond donors (Lipinski definition) is 1. The van der Waals surface area contributed by atoms with E-state index in [-0.39, 0.29) is 5.69 Å². The standard InChI is InChI=1S/C11H11NO3S/c1-3-7-4-5-8(15-7)10-9(11(13)14)12-6(2)16-10/h4-5H,3H2,1-2H3,(H,13,14). The molecular formula is C11H11NO3S. The molecule has 0 aliphatic rings. The van der Waals surface area contributed by atoms with Crippen LogP contribution in [0.15, 0.2) is 16.5 Å². The van der Waals surface area contributed by atoms with Gasteiger partial charge in [-0.15, -0.1) is 11.3 Å². The molecule has 1 N–H and O–H groups in total. The maximum absolute atomic E-state index is 11.0. The highest BCUT2D eigenvalue weighted by atomic mass is 32.1. The summed E-state index contributed by atoms with van der Waals surface area (Å²) in [6, 6.07) is 3.65. The molecule has 2 aromatic rings. The number of furan rings is 1. The molecule has 0 spiro atoms. The molecule has 0 atom stereocenters. The maximum Gasteiger partial charge on any atom is 0.356 e. The van der Waals surface area contributed by atoms with Gasteiger partial charge in [0.05, 0.1) is 5.01 Å². The second-order valence-corrected chi connectivity index (χ2v) is 4.54. The summed E-state index contributed by atoms with van der Waals surface area (Å²) in [6.45, 7) is 3.77. The van der Waals surface area contributed by atoms with Gasteiger partial charge in [-0.05, 0) is 19.1 Å². The first-order chi connectivity index (χ1) is 7.61. The van der Waals surface area contributed by atoms with E-state index in [0.717, 1.165) is 17.2 Å². The third-order valence-electron chi connectivity index (χ3n) is 2.17. The fourth-order valence-corrected chi connectivity index (χ4v) is 2.30. The minimum Gasteiger partial charge on any atom is -0.476 e. The topological polar surface area (TPSA) is 63.3 Å². The van der Waals surface area contributed by atoms with E-state index in [4.69, 9.17) is 9.52 Å². The van der Waals surface area contributed by atoms with Gasteiger partial charge in [-0.25, -0.2) is 9.78 Å². The first-order valence-corrected chi connectivity index (χ1v) is 5.73. The highest BCUT2D eigenvalue weighted by molar-refractivity contribution is 7.15. The van der Waals surface area contributed by atoms with Crippen molar-refractivity contribution >= 4 is 17.3 Å². The van der Waals surface area contributed by atoms with E-state index in [2.05, 4.69) is 4.98 Å². The second-order valence-electron chi connectivity index (χ2n) is 3.34. The predicted molar refractivity (Wildman–Crippen MR) is 60.9 cm³/mol. The summed E-state index contributed by atoms with van der Waals surface area (Å²) < 4.78 is 5.53. The van der Waals surface area contributed by atoms with Crippen molar-refractivity contribution in [3.63, 3.8) is 0 Å². The number of carbonyl (C=O) groups is 1. The van der Waals surface area contributed by atoms with Crippen molar-refractivity contribution in [3.05, 3.63) is 28.6 Å². The summed E-state index contributed by atoms with van der Waals surface area (Å²) in [4.78, 5) is 15.6. The van der Waals surface area contributed by atoms with Crippen LogP contribution in [0.1, 0.15) is 28.2 Å². The fourth-order valence-electron chi connectivity index (χ4n) is 1.43. The SMILES string of the molecule is CCc1ccc(-c2sc(C)nc2C(=O)O)o1. The van der Waals surface area contributed by atoms with Gasteiger partial charge in [0.1, 0.15) is 16.4 Å². The van der Waals surface area contributed by atoms with Crippen LogP contribution in [0.25, 0.3) is 10.6 Å². The van der Waals surface area contributed by atoms with Crippen LogP contribution in [0.4, 0.5) is 0 Å². The van der Waals surface area contributed by atoms with Crippen molar-refractivity contribution in [2.75, 3.05) is 0 Å². The van der Waals surface area contributed by atoms with Gasteiger partial charge in [-0.1, -0.05) is 6.92 Å². The van der Waals surface area contributed by atoms with Crippen LogP contribution in [-0.2, 0) is 6.42 Å². The van der Waals surface area contributed by atoms with Crippen molar-refractivity contribution in [2.45, 2.75) is 20.3 Å². The van der Waals surface area contributed by atoms with Gasteiger partial charge in [0, 0.05) is 6.42 Å². The number of carboxylic acids is 1. The van der Waals surface area contributed by atoms with Crippen LogP contribution in [0.2, 0.25) is 0 Å². The Labute approximate surface area is 96.6 Å². The monoisotopic (exact) mass is 237 g/mol. The molecule has 0 bridgehead atoms. The van der Waals surface area contributed by atoms with Gasteiger partial charge in [0.25, 0.3) is 0 Å². The average Bonchev–Trinajstić information content (AvgIpc) is 2.82. The first-order valence-electron chi connectivity index (χ1n) is 4.91. The zero-order valence-electron chi connectivity index (χ0n) is 8.98. The zero-order valence-corrected chi connectivity index (χ0v) is 9.80. The van der Waals surface area contributed by atoms with Gasteiger partial charge in [-0.3, -0.25) is 0 Å². The lowest BCUT2D eigenvalue weighted by Gasteiger charge is -1.93. The molecule has 0 amide bonds. The molecule has 0 aromatic carbocycles. The maximum atomic E-state index is 11.0. The summed E-state index contributed by atoms with van der Waals surface area (Å²) in [5.74, 6) is 0.408. The Morgan fingerprint density at radius 1 is 1.56 bits per heavy atom. The lowest BCUT2D eigenvalue weighted by Crippen LogP contribution is -1.98. The van der Waals surface area contributed by atoms with E-state index in [0.29, 0.717) is 10.6 Å². The van der Waals surface area contributed by atoms with Gasteiger partial charge < -0.3 is 9.52 Å². The van der Waals surface area contributed by atoms with Crippen LogP contribution in [0, 0.1) is 6.92 Å². The van der Waals surface area contributed by atoms with Gasteiger partial charge >= 0.3 is 5.97 Å². The molecule has 5 heteroatoms. The predicted octanol–water partition coefficient (Wildman–Crippen LogP) is 2.97. The third-order valence-corrected chi connectivity index (χ3v) is 3.16. The number of rotatable bonds is 3. The molecule has 0 saturated heterocycles. The van der Waals surface area contributed by atoms with Crippen LogP contribution in [-0.4, -0.2) is 16.1 Å². The third kappa shape index (κ3) is 1.86. The molecule has 0 aliphatic carbocycles. The Balaban J connectivity index is 2.50. The average molecular weight is 237 g/mol. The van der Waals surface area contributed by atoms with Crippen molar-refractivity contribution in [3.8, 4) is 10.6 Å². The Morgan fingerprint density at radius 2 is 2.31 bits per heavy atom. The van der Waals surface area contributed by atoms with Crippen LogP contribution < -0.4 is 0 Å². The smallest absolute Gasteiger partial charge is 0.356 e. The first kappa shape index (κ1) is 10.9. The van der Waals surface area contributed by atoms with Crippen molar-refractivity contribution < 1.29 is 14.3 Å². The quantitative estimate of drug-likeness (QED) is 0.891. The Hall–Kier alpha value is -1.62. The number of aromatic nitrogens is 1. The molecule has 0 aliphatic heterocycles. The number of aryl methyl sites for hydroxylation is 2. The minimum atomic E-state index is -1.02. The minimum absolute atomic E-state index is 0.0690. The molecule has 0 saturated carbocycles. The number of thiazole rings is 1. The molecule has 0 unspecified atom stereocenters. The summed E-state index contributed by atoms with van der Waals surface area (Å²) in [6.07, 6.45) is 0.792.